The van der Waals surface area contributed by atoms with Crippen molar-refractivity contribution in [2.75, 3.05) is 0 Å². The van der Waals surface area contributed by atoms with E-state index < -0.39 is 0 Å². The zero-order valence-electron chi connectivity index (χ0n) is 14.8. The summed E-state index contributed by atoms with van der Waals surface area (Å²) < 4.78 is 2.01. The highest BCUT2D eigenvalue weighted by Gasteiger charge is 2.20. The van der Waals surface area contributed by atoms with Crippen LogP contribution in [0.15, 0.2) is 60.0 Å². The zero-order chi connectivity index (χ0) is 18.4. The number of nitrogens with one attached hydrogen (secondary N) is 1. The van der Waals surface area contributed by atoms with Gasteiger partial charge in [0.25, 0.3) is 0 Å². The third kappa shape index (κ3) is 4.29. The lowest BCUT2D eigenvalue weighted by molar-refractivity contribution is -0.120. The number of hydrogen-bond acceptors (Lipinski definition) is 5. The van der Waals surface area contributed by atoms with Gasteiger partial charge in [0, 0.05) is 31.0 Å². The molecule has 3 rings (SSSR count). The van der Waals surface area contributed by atoms with Crippen LogP contribution in [-0.4, -0.2) is 30.9 Å². The molecule has 6 nitrogen and oxygen atoms in total. The number of pyridine rings is 1. The van der Waals surface area contributed by atoms with Gasteiger partial charge in [-0.05, 0) is 31.5 Å². The number of amides is 1. The van der Waals surface area contributed by atoms with Crippen LogP contribution in [0.5, 0.6) is 0 Å². The second-order valence-corrected chi connectivity index (χ2v) is 7.06. The Morgan fingerprint density at radius 3 is 2.58 bits per heavy atom. The van der Waals surface area contributed by atoms with Gasteiger partial charge in [0.15, 0.2) is 11.0 Å². The number of carbonyl (C=O) groups is 1. The van der Waals surface area contributed by atoms with Crippen molar-refractivity contribution in [2.45, 2.75) is 37.3 Å². The first kappa shape index (κ1) is 18.1. The van der Waals surface area contributed by atoms with Crippen LogP contribution in [-0.2, 0) is 17.9 Å². The van der Waals surface area contributed by atoms with Gasteiger partial charge in [0.05, 0.1) is 5.25 Å². The number of hydrogen-bond donors (Lipinski definition) is 1. The van der Waals surface area contributed by atoms with Gasteiger partial charge in [-0.1, -0.05) is 42.1 Å². The second kappa shape index (κ2) is 8.62. The summed E-state index contributed by atoms with van der Waals surface area (Å²) in [5.74, 6) is 0.768. The van der Waals surface area contributed by atoms with Gasteiger partial charge in [-0.3, -0.25) is 9.78 Å². The first-order valence-electron chi connectivity index (χ1n) is 8.51. The molecule has 0 spiro atoms. The predicted octanol–water partition coefficient (Wildman–Crippen LogP) is 3.16. The van der Waals surface area contributed by atoms with E-state index in [2.05, 4.69) is 20.5 Å². The van der Waals surface area contributed by atoms with Crippen molar-refractivity contribution in [3.8, 4) is 11.4 Å². The molecule has 0 bridgehead atoms. The Hall–Kier alpha value is -2.67. The SMILES string of the molecule is CCn1c(SC(C)C(=O)NCc2ccccc2)nnc1-c1ccncc1. The smallest absolute Gasteiger partial charge is 0.233 e. The van der Waals surface area contributed by atoms with Crippen molar-refractivity contribution in [1.29, 1.82) is 0 Å². The van der Waals surface area contributed by atoms with E-state index >= 15 is 0 Å². The summed E-state index contributed by atoms with van der Waals surface area (Å²) >= 11 is 1.42. The summed E-state index contributed by atoms with van der Waals surface area (Å²) in [6.45, 7) is 5.17. The van der Waals surface area contributed by atoms with Crippen LogP contribution >= 0.6 is 11.8 Å². The molecule has 0 aliphatic rings. The average molecular weight is 367 g/mol. The van der Waals surface area contributed by atoms with E-state index in [4.69, 9.17) is 0 Å². The Morgan fingerprint density at radius 2 is 1.88 bits per heavy atom. The minimum Gasteiger partial charge on any atom is -0.351 e. The predicted molar refractivity (Wildman–Crippen MR) is 103 cm³/mol. The molecule has 7 heteroatoms. The molecule has 0 aliphatic heterocycles. The molecule has 1 aromatic carbocycles. The molecular formula is C19H21N5OS. The van der Waals surface area contributed by atoms with Gasteiger partial charge in [0.2, 0.25) is 5.91 Å². The summed E-state index contributed by atoms with van der Waals surface area (Å²) in [5, 5.41) is 12.0. The van der Waals surface area contributed by atoms with Crippen LogP contribution < -0.4 is 5.32 Å². The highest BCUT2D eigenvalue weighted by Crippen LogP contribution is 2.26. The van der Waals surface area contributed by atoms with E-state index in [1.165, 1.54) is 11.8 Å². The summed E-state index contributed by atoms with van der Waals surface area (Å²) in [5.41, 5.74) is 2.04. The normalized spacial score (nSPS) is 11.9. The molecule has 1 atom stereocenters. The molecule has 0 fully saturated rings. The standard InChI is InChI=1S/C19H21N5OS/c1-3-24-17(16-9-11-20-12-10-16)22-23-19(24)26-14(2)18(25)21-13-15-7-5-4-6-8-15/h4-12,14H,3,13H2,1-2H3,(H,21,25). The zero-order valence-corrected chi connectivity index (χ0v) is 15.6. The van der Waals surface area contributed by atoms with Crippen molar-refractivity contribution < 1.29 is 4.79 Å². The Kier molecular flexibility index (Phi) is 6.01. The molecule has 0 saturated heterocycles. The second-order valence-electron chi connectivity index (χ2n) is 5.75. The van der Waals surface area contributed by atoms with E-state index in [0.717, 1.165) is 28.7 Å². The number of rotatable bonds is 7. The van der Waals surface area contributed by atoms with Crippen LogP contribution in [0.1, 0.15) is 19.4 Å². The fourth-order valence-electron chi connectivity index (χ4n) is 2.52. The van der Waals surface area contributed by atoms with E-state index in [-0.39, 0.29) is 11.2 Å². The Bertz CT molecular complexity index is 851. The molecule has 3 aromatic rings. The molecule has 1 amide bonds. The molecular weight excluding hydrogens is 346 g/mol. The number of thioether (sulfide) groups is 1. The molecule has 0 saturated carbocycles. The molecule has 0 aliphatic carbocycles. The van der Waals surface area contributed by atoms with Crippen molar-refractivity contribution in [3.05, 3.63) is 60.4 Å². The maximum absolute atomic E-state index is 12.4. The van der Waals surface area contributed by atoms with Crippen LogP contribution in [0.25, 0.3) is 11.4 Å². The molecule has 2 heterocycles. The number of carbonyl (C=O) groups excluding carboxylic acids is 1. The van der Waals surface area contributed by atoms with Crippen LogP contribution in [0, 0.1) is 0 Å². The Morgan fingerprint density at radius 1 is 1.15 bits per heavy atom. The fraction of sp³-hybridized carbons (Fsp3) is 0.263. The molecule has 26 heavy (non-hydrogen) atoms. The highest BCUT2D eigenvalue weighted by atomic mass is 32.2. The lowest BCUT2D eigenvalue weighted by Gasteiger charge is -2.13. The van der Waals surface area contributed by atoms with Gasteiger partial charge >= 0.3 is 0 Å². The van der Waals surface area contributed by atoms with E-state index in [0.29, 0.717) is 6.54 Å². The summed E-state index contributed by atoms with van der Waals surface area (Å²) in [6.07, 6.45) is 3.47. The number of nitrogens with zero attached hydrogens (tertiary/aromatic N) is 4. The third-order valence-corrected chi connectivity index (χ3v) is 5.01. The van der Waals surface area contributed by atoms with Crippen molar-refractivity contribution in [3.63, 3.8) is 0 Å². The maximum atomic E-state index is 12.4. The topological polar surface area (TPSA) is 72.7 Å². The van der Waals surface area contributed by atoms with Crippen LogP contribution in [0.3, 0.4) is 0 Å². The molecule has 134 valence electrons. The summed E-state index contributed by atoms with van der Waals surface area (Å²) in [4.78, 5) is 16.4. The molecule has 0 radical (unpaired) electrons. The summed E-state index contributed by atoms with van der Waals surface area (Å²) in [6, 6.07) is 13.7. The monoisotopic (exact) mass is 367 g/mol. The highest BCUT2D eigenvalue weighted by molar-refractivity contribution is 8.00. The van der Waals surface area contributed by atoms with Crippen molar-refractivity contribution in [1.82, 2.24) is 25.1 Å². The number of benzene rings is 1. The van der Waals surface area contributed by atoms with Crippen molar-refractivity contribution in [2.24, 2.45) is 0 Å². The molecule has 1 N–H and O–H groups in total. The molecule has 1 unspecified atom stereocenters. The largest absolute Gasteiger partial charge is 0.351 e. The van der Waals surface area contributed by atoms with E-state index in [1.807, 2.05) is 60.9 Å². The van der Waals surface area contributed by atoms with Crippen molar-refractivity contribution >= 4 is 17.7 Å². The molecule has 2 aromatic heterocycles. The lowest BCUT2D eigenvalue weighted by Crippen LogP contribution is -2.30. The van der Waals surface area contributed by atoms with Crippen LogP contribution in [0.2, 0.25) is 0 Å². The maximum Gasteiger partial charge on any atom is 0.233 e. The summed E-state index contributed by atoms with van der Waals surface area (Å²) in [7, 11) is 0. The van der Waals surface area contributed by atoms with Gasteiger partial charge in [-0.2, -0.15) is 0 Å². The first-order valence-corrected chi connectivity index (χ1v) is 9.39. The minimum absolute atomic E-state index is 0.0185. The van der Waals surface area contributed by atoms with Gasteiger partial charge in [0.1, 0.15) is 0 Å². The quantitative estimate of drug-likeness (QED) is 0.650. The minimum atomic E-state index is -0.265. The van der Waals surface area contributed by atoms with Gasteiger partial charge < -0.3 is 9.88 Å². The Balaban J connectivity index is 1.66. The van der Waals surface area contributed by atoms with Gasteiger partial charge in [-0.25, -0.2) is 0 Å². The average Bonchev–Trinajstić information content (AvgIpc) is 3.10. The third-order valence-electron chi connectivity index (χ3n) is 3.93. The van der Waals surface area contributed by atoms with Gasteiger partial charge in [-0.15, -0.1) is 10.2 Å². The first-order chi connectivity index (χ1) is 12.7. The van der Waals surface area contributed by atoms with E-state index in [1.54, 1.807) is 12.4 Å². The van der Waals surface area contributed by atoms with Crippen LogP contribution in [0.4, 0.5) is 0 Å². The Labute approximate surface area is 157 Å². The fourth-order valence-corrected chi connectivity index (χ4v) is 3.45. The lowest BCUT2D eigenvalue weighted by atomic mass is 10.2. The number of aromatic nitrogens is 4. The van der Waals surface area contributed by atoms with E-state index in [9.17, 15) is 4.79 Å².